The van der Waals surface area contributed by atoms with Gasteiger partial charge in [0.1, 0.15) is 6.10 Å². The van der Waals surface area contributed by atoms with E-state index in [1.807, 2.05) is 0 Å². The van der Waals surface area contributed by atoms with Gasteiger partial charge in [0.25, 0.3) is 0 Å². The van der Waals surface area contributed by atoms with Gasteiger partial charge in [0.2, 0.25) is 4.77 Å². The molecule has 1 aromatic carbocycles. The molecule has 0 unspecified atom stereocenters. The minimum atomic E-state index is -0.0247. The molecule has 1 aromatic heterocycles. The van der Waals surface area contributed by atoms with Crippen LogP contribution in [-0.4, -0.2) is 27.7 Å². The van der Waals surface area contributed by atoms with Gasteiger partial charge < -0.3 is 4.74 Å². The lowest BCUT2D eigenvalue weighted by atomic mass is 9.87. The second kappa shape index (κ2) is 6.37. The van der Waals surface area contributed by atoms with Gasteiger partial charge in [0.15, 0.2) is 5.82 Å². The largest absolute Gasteiger partial charge is 0.370 e. The summed E-state index contributed by atoms with van der Waals surface area (Å²) in [5.74, 6) is 0.745. The molecule has 1 N–H and O–H groups in total. The van der Waals surface area contributed by atoms with Crippen LogP contribution < -0.4 is 0 Å². The van der Waals surface area contributed by atoms with Crippen molar-refractivity contribution >= 4 is 18.4 Å². The van der Waals surface area contributed by atoms with Crippen molar-refractivity contribution in [3.8, 4) is 0 Å². The molecule has 1 fully saturated rings. The van der Waals surface area contributed by atoms with Crippen LogP contribution in [0.3, 0.4) is 0 Å². The highest BCUT2D eigenvalue weighted by atomic mass is 32.1. The second-order valence-corrected chi connectivity index (χ2v) is 7.20. The van der Waals surface area contributed by atoms with E-state index in [0.717, 1.165) is 30.8 Å². The summed E-state index contributed by atoms with van der Waals surface area (Å²) in [5, 5.41) is 11.6. The Balaban J connectivity index is 1.83. The average molecular weight is 330 g/mol. The number of aromatic nitrogens is 3. The fourth-order valence-corrected chi connectivity index (χ4v) is 2.79. The molecule has 0 amide bonds. The van der Waals surface area contributed by atoms with E-state index in [0.29, 0.717) is 4.77 Å². The number of nitrogens with one attached hydrogen (secondary N) is 1. The Morgan fingerprint density at radius 2 is 2.09 bits per heavy atom. The van der Waals surface area contributed by atoms with Crippen LogP contribution >= 0.6 is 12.2 Å². The quantitative estimate of drug-likeness (QED) is 0.684. The number of rotatable bonds is 3. The molecule has 1 atom stereocenters. The van der Waals surface area contributed by atoms with E-state index in [1.54, 1.807) is 10.9 Å². The highest BCUT2D eigenvalue weighted by Crippen LogP contribution is 2.27. The van der Waals surface area contributed by atoms with Crippen molar-refractivity contribution in [2.75, 3.05) is 6.61 Å². The van der Waals surface area contributed by atoms with Crippen molar-refractivity contribution in [3.63, 3.8) is 0 Å². The number of benzene rings is 1. The minimum absolute atomic E-state index is 0.0247. The fraction of sp³-hybridized carbons (Fsp3) is 0.471. The van der Waals surface area contributed by atoms with Gasteiger partial charge in [-0.15, -0.1) is 0 Å². The maximum absolute atomic E-state index is 5.67. The predicted octanol–water partition coefficient (Wildman–Crippen LogP) is 3.97. The first-order valence-corrected chi connectivity index (χ1v) is 8.30. The van der Waals surface area contributed by atoms with E-state index >= 15 is 0 Å². The van der Waals surface area contributed by atoms with Crippen LogP contribution in [0.2, 0.25) is 0 Å². The number of hydrogen-bond acceptors (Lipinski definition) is 4. The van der Waals surface area contributed by atoms with Crippen LogP contribution in [0.25, 0.3) is 0 Å². The molecule has 6 heteroatoms. The molecule has 0 bridgehead atoms. The molecular weight excluding hydrogens is 308 g/mol. The maximum Gasteiger partial charge on any atom is 0.216 e. The van der Waals surface area contributed by atoms with E-state index < -0.39 is 0 Å². The Kier molecular flexibility index (Phi) is 4.46. The van der Waals surface area contributed by atoms with Gasteiger partial charge in [0, 0.05) is 6.61 Å². The molecule has 1 saturated heterocycles. The van der Waals surface area contributed by atoms with E-state index in [1.165, 1.54) is 5.56 Å². The highest BCUT2D eigenvalue weighted by molar-refractivity contribution is 7.71. The van der Waals surface area contributed by atoms with Crippen LogP contribution in [-0.2, 0) is 10.2 Å². The number of hydrogen-bond donors (Lipinski definition) is 1. The number of H-pyrrole nitrogens is 1. The summed E-state index contributed by atoms with van der Waals surface area (Å²) in [7, 11) is 0. The summed E-state index contributed by atoms with van der Waals surface area (Å²) in [5.41, 5.74) is 2.48. The predicted molar refractivity (Wildman–Crippen MR) is 93.5 cm³/mol. The normalized spacial score (nSPS) is 18.8. The summed E-state index contributed by atoms with van der Waals surface area (Å²) >= 11 is 5.27. The van der Waals surface area contributed by atoms with Crippen LogP contribution in [0.15, 0.2) is 29.4 Å². The lowest BCUT2D eigenvalue weighted by molar-refractivity contribution is 0.102. The van der Waals surface area contributed by atoms with Crippen molar-refractivity contribution in [1.82, 2.24) is 14.9 Å². The minimum Gasteiger partial charge on any atom is -0.370 e. The van der Waals surface area contributed by atoms with Gasteiger partial charge in [-0.25, -0.2) is 0 Å². The molecule has 2 heterocycles. The van der Waals surface area contributed by atoms with Crippen LogP contribution in [0.5, 0.6) is 0 Å². The molecule has 0 saturated carbocycles. The van der Waals surface area contributed by atoms with Gasteiger partial charge in [-0.05, 0) is 41.6 Å². The molecule has 23 heavy (non-hydrogen) atoms. The molecule has 0 aliphatic carbocycles. The van der Waals surface area contributed by atoms with Crippen molar-refractivity contribution in [3.05, 3.63) is 46.0 Å². The summed E-state index contributed by atoms with van der Waals surface area (Å²) in [6.45, 7) is 7.38. The zero-order valence-electron chi connectivity index (χ0n) is 13.7. The molecule has 1 aliphatic heterocycles. The molecule has 0 radical (unpaired) electrons. The Morgan fingerprint density at radius 3 is 2.70 bits per heavy atom. The molecule has 5 nitrogen and oxygen atoms in total. The first-order chi connectivity index (χ1) is 10.9. The smallest absolute Gasteiger partial charge is 0.216 e. The fourth-order valence-electron chi connectivity index (χ4n) is 2.60. The molecule has 3 rings (SSSR count). The number of nitrogens with zero attached hydrogens (tertiary/aromatic N) is 3. The third kappa shape index (κ3) is 3.59. The van der Waals surface area contributed by atoms with Gasteiger partial charge in [-0.1, -0.05) is 45.0 Å². The van der Waals surface area contributed by atoms with Crippen LogP contribution in [0, 0.1) is 4.77 Å². The van der Waals surface area contributed by atoms with E-state index in [-0.39, 0.29) is 11.5 Å². The Hall–Kier alpha value is -1.79. The standard InChI is InChI=1S/C17H22N4OS/c1-17(2,3)13-8-6-12(7-9-13)11-18-21-15(19-20-16(21)23)14-5-4-10-22-14/h6-9,11,14H,4-5,10H2,1-3H3,(H,20,23)/b18-11-/t14-/m1/s1. The van der Waals surface area contributed by atoms with Gasteiger partial charge in [-0.3, -0.25) is 5.10 Å². The Bertz CT molecular complexity index is 746. The first-order valence-electron chi connectivity index (χ1n) is 7.89. The average Bonchev–Trinajstić information content (AvgIpc) is 3.14. The summed E-state index contributed by atoms with van der Waals surface area (Å²) in [4.78, 5) is 0. The number of aromatic amines is 1. The van der Waals surface area contributed by atoms with Crippen molar-refractivity contribution in [1.29, 1.82) is 0 Å². The lowest BCUT2D eigenvalue weighted by Gasteiger charge is -2.18. The van der Waals surface area contributed by atoms with Gasteiger partial charge >= 0.3 is 0 Å². The lowest BCUT2D eigenvalue weighted by Crippen LogP contribution is -2.10. The first kappa shape index (κ1) is 16.1. The third-order valence-corrected chi connectivity index (χ3v) is 4.26. The summed E-state index contributed by atoms with van der Waals surface area (Å²) < 4.78 is 7.81. The Labute approximate surface area is 141 Å². The van der Waals surface area contributed by atoms with Gasteiger partial charge in [0.05, 0.1) is 6.21 Å². The second-order valence-electron chi connectivity index (χ2n) is 6.82. The van der Waals surface area contributed by atoms with E-state index in [4.69, 9.17) is 17.0 Å². The summed E-state index contributed by atoms with van der Waals surface area (Å²) in [6.07, 6.45) is 3.77. The molecule has 0 spiro atoms. The monoisotopic (exact) mass is 330 g/mol. The molecule has 122 valence electrons. The van der Waals surface area contributed by atoms with Crippen molar-refractivity contribution in [2.45, 2.75) is 45.1 Å². The SMILES string of the molecule is CC(C)(C)c1ccc(/C=N\n2c([C@H]3CCCO3)n[nH]c2=S)cc1. The number of ether oxygens (including phenoxy) is 1. The Morgan fingerprint density at radius 1 is 1.35 bits per heavy atom. The zero-order valence-corrected chi connectivity index (χ0v) is 14.6. The highest BCUT2D eigenvalue weighted by Gasteiger charge is 2.23. The van der Waals surface area contributed by atoms with Crippen LogP contribution in [0.1, 0.15) is 56.7 Å². The van der Waals surface area contributed by atoms with E-state index in [9.17, 15) is 0 Å². The van der Waals surface area contributed by atoms with Crippen molar-refractivity contribution < 1.29 is 4.74 Å². The molecular formula is C17H22N4OS. The van der Waals surface area contributed by atoms with E-state index in [2.05, 4.69) is 60.3 Å². The molecule has 1 aliphatic rings. The van der Waals surface area contributed by atoms with Crippen LogP contribution in [0.4, 0.5) is 0 Å². The zero-order chi connectivity index (χ0) is 16.4. The van der Waals surface area contributed by atoms with Crippen molar-refractivity contribution in [2.24, 2.45) is 5.10 Å². The van der Waals surface area contributed by atoms with Gasteiger partial charge in [-0.2, -0.15) is 14.9 Å². The topological polar surface area (TPSA) is 55.2 Å². The summed E-state index contributed by atoms with van der Waals surface area (Å²) in [6, 6.07) is 8.41. The maximum atomic E-state index is 5.67. The molecule has 2 aromatic rings. The third-order valence-electron chi connectivity index (χ3n) is 3.99.